The zero-order chi connectivity index (χ0) is 15.5. The van der Waals surface area contributed by atoms with E-state index in [0.717, 1.165) is 10.6 Å². The van der Waals surface area contributed by atoms with E-state index in [2.05, 4.69) is 4.98 Å². The number of nitrogens with zero attached hydrogens (tertiary/aromatic N) is 3. The Morgan fingerprint density at radius 2 is 2.05 bits per heavy atom. The van der Waals surface area contributed by atoms with Crippen LogP contribution in [0.25, 0.3) is 0 Å². The van der Waals surface area contributed by atoms with Crippen molar-refractivity contribution >= 4 is 23.2 Å². The Balaban J connectivity index is 1.85. The lowest BCUT2D eigenvalue weighted by molar-refractivity contribution is -0.155. The highest BCUT2D eigenvalue weighted by atomic mass is 32.1. The Kier molecular flexibility index (Phi) is 4.20. The number of carbonyl (C=O) groups is 2. The van der Waals surface area contributed by atoms with Gasteiger partial charge in [-0.1, -0.05) is 30.3 Å². The molecule has 1 aromatic heterocycles. The Hall–Kier alpha value is -2.21. The van der Waals surface area contributed by atoms with Crippen LogP contribution in [-0.2, 0) is 22.6 Å². The van der Waals surface area contributed by atoms with Crippen molar-refractivity contribution in [2.45, 2.75) is 19.0 Å². The summed E-state index contributed by atoms with van der Waals surface area (Å²) in [5.41, 5.74) is 1.05. The van der Waals surface area contributed by atoms with E-state index in [-0.39, 0.29) is 18.4 Å². The van der Waals surface area contributed by atoms with Crippen molar-refractivity contribution in [1.29, 1.82) is 0 Å². The fourth-order valence-corrected chi connectivity index (χ4v) is 3.26. The minimum absolute atomic E-state index is 0.0139. The highest BCUT2D eigenvalue weighted by molar-refractivity contribution is 7.09. The number of benzene rings is 1. The first-order chi connectivity index (χ1) is 10.6. The summed E-state index contributed by atoms with van der Waals surface area (Å²) < 4.78 is 0. The molecule has 0 N–H and O–H groups in total. The van der Waals surface area contributed by atoms with Crippen molar-refractivity contribution in [1.82, 2.24) is 14.8 Å². The van der Waals surface area contributed by atoms with Gasteiger partial charge in [0.15, 0.2) is 0 Å². The molecule has 2 amide bonds. The third-order valence-electron chi connectivity index (χ3n) is 3.79. The number of amides is 2. The topological polar surface area (TPSA) is 53.5 Å². The second kappa shape index (κ2) is 6.27. The van der Waals surface area contributed by atoms with Crippen LogP contribution in [-0.4, -0.2) is 46.2 Å². The number of carbonyl (C=O) groups excluding carboxylic acids is 2. The normalized spacial score (nSPS) is 18.9. The monoisotopic (exact) mass is 315 g/mol. The van der Waals surface area contributed by atoms with Gasteiger partial charge in [0.2, 0.25) is 11.8 Å². The van der Waals surface area contributed by atoms with Crippen LogP contribution in [0.3, 0.4) is 0 Å². The summed E-state index contributed by atoms with van der Waals surface area (Å²) in [6.45, 7) is 0.531. The average molecular weight is 315 g/mol. The van der Waals surface area contributed by atoms with Gasteiger partial charge in [0.05, 0.1) is 13.1 Å². The van der Waals surface area contributed by atoms with Crippen LogP contribution in [0, 0.1) is 0 Å². The van der Waals surface area contributed by atoms with Gasteiger partial charge in [0, 0.05) is 25.0 Å². The fourth-order valence-electron chi connectivity index (χ4n) is 2.64. The molecule has 6 heteroatoms. The van der Waals surface area contributed by atoms with Gasteiger partial charge in [-0.15, -0.1) is 11.3 Å². The molecule has 0 bridgehead atoms. The Morgan fingerprint density at radius 1 is 1.27 bits per heavy atom. The molecule has 0 spiro atoms. The maximum absolute atomic E-state index is 12.5. The number of thiazole rings is 1. The van der Waals surface area contributed by atoms with Gasteiger partial charge in [-0.3, -0.25) is 9.59 Å². The highest BCUT2D eigenvalue weighted by Gasteiger charge is 2.37. The molecule has 5 nitrogen and oxygen atoms in total. The van der Waals surface area contributed by atoms with E-state index in [1.807, 2.05) is 35.7 Å². The van der Waals surface area contributed by atoms with Crippen molar-refractivity contribution in [2.24, 2.45) is 0 Å². The van der Waals surface area contributed by atoms with Gasteiger partial charge in [0.25, 0.3) is 0 Å². The van der Waals surface area contributed by atoms with E-state index >= 15 is 0 Å². The molecule has 0 saturated carbocycles. The van der Waals surface area contributed by atoms with Crippen LogP contribution >= 0.6 is 11.3 Å². The van der Waals surface area contributed by atoms with Gasteiger partial charge < -0.3 is 9.80 Å². The predicted molar refractivity (Wildman–Crippen MR) is 84.2 cm³/mol. The first-order valence-electron chi connectivity index (χ1n) is 7.12. The van der Waals surface area contributed by atoms with Crippen LogP contribution in [0.2, 0.25) is 0 Å². The van der Waals surface area contributed by atoms with Gasteiger partial charge >= 0.3 is 0 Å². The molecule has 2 heterocycles. The number of aromatic nitrogens is 1. The predicted octanol–water partition coefficient (Wildman–Crippen LogP) is 1.55. The molecule has 0 radical (unpaired) electrons. The van der Waals surface area contributed by atoms with Gasteiger partial charge in [-0.05, 0) is 5.56 Å². The van der Waals surface area contributed by atoms with E-state index in [1.165, 1.54) is 16.2 Å². The molecule has 1 fully saturated rings. The molecule has 1 saturated heterocycles. The first-order valence-corrected chi connectivity index (χ1v) is 8.00. The van der Waals surface area contributed by atoms with Crippen LogP contribution in [0.1, 0.15) is 10.6 Å². The summed E-state index contributed by atoms with van der Waals surface area (Å²) in [5.74, 6) is -0.0433. The summed E-state index contributed by atoms with van der Waals surface area (Å²) in [5, 5.41) is 2.73. The molecule has 2 aromatic rings. The SMILES string of the molecule is CN1CC(=O)N(Cc2nccs2)[C@@H](Cc2ccccc2)C1=O. The minimum atomic E-state index is -0.461. The molecule has 1 atom stereocenters. The minimum Gasteiger partial charge on any atom is -0.335 e. The fraction of sp³-hybridized carbons (Fsp3) is 0.312. The lowest BCUT2D eigenvalue weighted by atomic mass is 10.0. The maximum atomic E-state index is 12.5. The van der Waals surface area contributed by atoms with E-state index in [1.54, 1.807) is 18.1 Å². The molecule has 22 heavy (non-hydrogen) atoms. The number of likely N-dealkylation sites (N-methyl/N-ethyl adjacent to an activating group) is 1. The van der Waals surface area contributed by atoms with E-state index in [4.69, 9.17) is 0 Å². The van der Waals surface area contributed by atoms with Gasteiger partial charge in [0.1, 0.15) is 11.0 Å². The molecule has 1 aromatic carbocycles. The first kappa shape index (κ1) is 14.7. The van der Waals surface area contributed by atoms with Crippen molar-refractivity contribution in [2.75, 3.05) is 13.6 Å². The van der Waals surface area contributed by atoms with E-state index in [0.29, 0.717) is 13.0 Å². The molecule has 114 valence electrons. The molecule has 0 aliphatic carbocycles. The Morgan fingerprint density at radius 3 is 2.73 bits per heavy atom. The van der Waals surface area contributed by atoms with Crippen molar-refractivity contribution < 1.29 is 9.59 Å². The second-order valence-electron chi connectivity index (χ2n) is 5.35. The van der Waals surface area contributed by atoms with Crippen molar-refractivity contribution in [3.8, 4) is 0 Å². The van der Waals surface area contributed by atoms with Crippen LogP contribution in [0.5, 0.6) is 0 Å². The lowest BCUT2D eigenvalue weighted by Gasteiger charge is -2.38. The van der Waals surface area contributed by atoms with Gasteiger partial charge in [-0.2, -0.15) is 0 Å². The number of piperazine rings is 1. The van der Waals surface area contributed by atoms with Crippen molar-refractivity contribution in [3.05, 3.63) is 52.5 Å². The molecule has 1 aliphatic rings. The van der Waals surface area contributed by atoms with Crippen LogP contribution in [0.4, 0.5) is 0 Å². The smallest absolute Gasteiger partial charge is 0.245 e. The summed E-state index contributed by atoms with van der Waals surface area (Å²) in [6.07, 6.45) is 2.25. The molecule has 1 aliphatic heterocycles. The van der Waals surface area contributed by atoms with Crippen LogP contribution < -0.4 is 0 Å². The lowest BCUT2D eigenvalue weighted by Crippen LogP contribution is -2.59. The molecular formula is C16H17N3O2S. The third kappa shape index (κ3) is 3.01. The zero-order valence-electron chi connectivity index (χ0n) is 12.3. The highest BCUT2D eigenvalue weighted by Crippen LogP contribution is 2.20. The number of hydrogen-bond donors (Lipinski definition) is 0. The van der Waals surface area contributed by atoms with E-state index < -0.39 is 6.04 Å². The average Bonchev–Trinajstić information content (AvgIpc) is 3.02. The zero-order valence-corrected chi connectivity index (χ0v) is 13.1. The van der Waals surface area contributed by atoms with Crippen molar-refractivity contribution in [3.63, 3.8) is 0 Å². The summed E-state index contributed by atoms with van der Waals surface area (Å²) >= 11 is 1.50. The largest absolute Gasteiger partial charge is 0.335 e. The number of hydrogen-bond acceptors (Lipinski definition) is 4. The summed E-state index contributed by atoms with van der Waals surface area (Å²) in [4.78, 5) is 32.3. The molecule has 0 unspecified atom stereocenters. The Labute approximate surface area is 133 Å². The molecule has 3 rings (SSSR count). The van der Waals surface area contributed by atoms with Crippen LogP contribution in [0.15, 0.2) is 41.9 Å². The maximum Gasteiger partial charge on any atom is 0.245 e. The number of rotatable bonds is 4. The quantitative estimate of drug-likeness (QED) is 0.860. The second-order valence-corrected chi connectivity index (χ2v) is 6.33. The standard InChI is InChI=1S/C16H17N3O2S/c1-18-11-15(20)19(10-14-17-7-8-22-14)13(16(18)21)9-12-5-3-2-4-6-12/h2-8,13H,9-11H2,1H3/t13-/m0/s1. The summed E-state index contributed by atoms with van der Waals surface area (Å²) in [7, 11) is 1.68. The molecular weight excluding hydrogens is 298 g/mol. The Bertz CT molecular complexity index is 657. The third-order valence-corrected chi connectivity index (χ3v) is 4.56. The summed E-state index contributed by atoms with van der Waals surface area (Å²) in [6, 6.07) is 9.33. The van der Waals surface area contributed by atoms with E-state index in [9.17, 15) is 9.59 Å². The van der Waals surface area contributed by atoms with Gasteiger partial charge in [-0.25, -0.2) is 4.98 Å².